The van der Waals surface area contributed by atoms with Crippen molar-refractivity contribution in [3.8, 4) is 11.5 Å². The molecule has 6 heteroatoms. The first kappa shape index (κ1) is 19.9. The average Bonchev–Trinajstić information content (AvgIpc) is 3.02. The van der Waals surface area contributed by atoms with Gasteiger partial charge in [-0.15, -0.1) is 0 Å². The molecule has 0 amide bonds. The minimum Gasteiger partial charge on any atom is -0.486 e. The Kier molecular flexibility index (Phi) is 5.40. The maximum absolute atomic E-state index is 13.0. The average molecular weight is 405 g/mol. The van der Waals surface area contributed by atoms with E-state index in [9.17, 15) is 9.59 Å². The molecule has 0 fully saturated rings. The summed E-state index contributed by atoms with van der Waals surface area (Å²) < 4.78 is 15.7. The van der Waals surface area contributed by atoms with E-state index in [4.69, 9.17) is 9.47 Å². The number of hydrogen-bond acceptors (Lipinski definition) is 4. The van der Waals surface area contributed by atoms with Crippen LogP contribution < -0.4 is 14.0 Å². The van der Waals surface area contributed by atoms with Crippen LogP contribution in [0.4, 0.5) is 0 Å². The highest BCUT2D eigenvalue weighted by atomic mass is 16.6. The molecule has 1 atom stereocenters. The molecule has 154 valence electrons. The topological polar surface area (TPSA) is 61.4 Å². The summed E-state index contributed by atoms with van der Waals surface area (Å²) >= 11 is 0. The Morgan fingerprint density at radius 2 is 1.90 bits per heavy atom. The van der Waals surface area contributed by atoms with E-state index in [1.807, 2.05) is 44.2 Å². The van der Waals surface area contributed by atoms with Crippen LogP contribution in [0.2, 0.25) is 0 Å². The lowest BCUT2D eigenvalue weighted by molar-refractivity contribution is -0.683. The first-order valence-corrected chi connectivity index (χ1v) is 10.0. The van der Waals surface area contributed by atoms with Crippen LogP contribution in [0.3, 0.4) is 0 Å². The lowest BCUT2D eigenvalue weighted by atomic mass is 10.1. The Bertz CT molecular complexity index is 1120. The van der Waals surface area contributed by atoms with Gasteiger partial charge in [-0.25, -0.2) is 0 Å². The quantitative estimate of drug-likeness (QED) is 0.466. The molecule has 0 unspecified atom stereocenters. The first-order valence-electron chi connectivity index (χ1n) is 10.0. The molecule has 0 radical (unpaired) electrons. The largest absolute Gasteiger partial charge is 0.486 e. The molecule has 0 spiro atoms. The number of aromatic nitrogens is 2. The van der Waals surface area contributed by atoms with Crippen LogP contribution in [0.1, 0.15) is 39.0 Å². The van der Waals surface area contributed by atoms with E-state index in [2.05, 4.69) is 4.57 Å². The molecule has 1 aromatic carbocycles. The first-order chi connectivity index (χ1) is 14.4. The zero-order valence-corrected chi connectivity index (χ0v) is 17.4. The Labute approximate surface area is 175 Å². The maximum atomic E-state index is 13.0. The standard InChI is InChI=1S/C24H25N2O4/c1-16-11-21(22(28)14-25-10-6-7-19(12-25)18(3)27)17(2)26(16)13-20-15-29-23-8-4-5-9-24(23)30-20/h4-12,20H,13-15H2,1-3H3/q+1/t20-/m1/s1. The molecule has 6 nitrogen and oxygen atoms in total. The summed E-state index contributed by atoms with van der Waals surface area (Å²) in [5, 5.41) is 0. The van der Waals surface area contributed by atoms with Gasteiger partial charge in [0.15, 0.2) is 35.8 Å². The number of ether oxygens (including phenoxy) is 2. The van der Waals surface area contributed by atoms with Crippen LogP contribution in [0, 0.1) is 13.8 Å². The van der Waals surface area contributed by atoms with Crippen molar-refractivity contribution >= 4 is 11.6 Å². The molecule has 2 aromatic heterocycles. The number of fused-ring (bicyclic) bond motifs is 1. The van der Waals surface area contributed by atoms with E-state index in [-0.39, 0.29) is 24.2 Å². The number of para-hydroxylation sites is 2. The predicted octanol–water partition coefficient (Wildman–Crippen LogP) is 3.32. The molecule has 30 heavy (non-hydrogen) atoms. The predicted molar refractivity (Wildman–Crippen MR) is 111 cm³/mol. The van der Waals surface area contributed by atoms with Crippen molar-refractivity contribution in [2.45, 2.75) is 40.0 Å². The second-order valence-electron chi connectivity index (χ2n) is 7.64. The van der Waals surface area contributed by atoms with Crippen molar-refractivity contribution in [3.63, 3.8) is 0 Å². The van der Waals surface area contributed by atoms with E-state index < -0.39 is 0 Å². The van der Waals surface area contributed by atoms with Crippen LogP contribution in [-0.2, 0) is 13.1 Å². The maximum Gasteiger partial charge on any atom is 0.229 e. The van der Waals surface area contributed by atoms with Gasteiger partial charge in [-0.3, -0.25) is 9.59 Å². The van der Waals surface area contributed by atoms with E-state index in [0.717, 1.165) is 22.9 Å². The third kappa shape index (κ3) is 3.99. The van der Waals surface area contributed by atoms with Crippen LogP contribution in [0.15, 0.2) is 54.9 Å². The number of nitrogens with zero attached hydrogens (tertiary/aromatic N) is 2. The second-order valence-corrected chi connectivity index (χ2v) is 7.64. The lowest BCUT2D eigenvalue weighted by Gasteiger charge is -2.27. The van der Waals surface area contributed by atoms with Crippen molar-refractivity contribution in [2.24, 2.45) is 0 Å². The van der Waals surface area contributed by atoms with Gasteiger partial charge in [0.2, 0.25) is 12.3 Å². The normalized spacial score (nSPS) is 15.1. The van der Waals surface area contributed by atoms with Crippen molar-refractivity contribution in [1.82, 2.24) is 4.57 Å². The third-order valence-corrected chi connectivity index (χ3v) is 5.42. The number of rotatable bonds is 6. The van der Waals surface area contributed by atoms with Crippen molar-refractivity contribution in [3.05, 3.63) is 77.4 Å². The Hall–Kier alpha value is -3.41. The number of carbonyl (C=O) groups excluding carboxylic acids is 2. The van der Waals surface area contributed by atoms with Gasteiger partial charge in [0, 0.05) is 23.0 Å². The van der Waals surface area contributed by atoms with Crippen LogP contribution in [-0.4, -0.2) is 28.8 Å². The van der Waals surface area contributed by atoms with Crippen molar-refractivity contribution < 1.29 is 23.6 Å². The molecule has 0 bridgehead atoms. The fraction of sp³-hybridized carbons (Fsp3) is 0.292. The van der Waals surface area contributed by atoms with E-state index in [1.165, 1.54) is 6.92 Å². The van der Waals surface area contributed by atoms with E-state index >= 15 is 0 Å². The minimum absolute atomic E-state index is 0.00575. The fourth-order valence-electron chi connectivity index (χ4n) is 3.80. The van der Waals surface area contributed by atoms with Gasteiger partial charge < -0.3 is 14.0 Å². The van der Waals surface area contributed by atoms with Crippen LogP contribution >= 0.6 is 0 Å². The molecule has 0 aliphatic carbocycles. The number of aryl methyl sites for hydroxylation is 1. The summed E-state index contributed by atoms with van der Waals surface area (Å²) in [6, 6.07) is 13.1. The Balaban J connectivity index is 1.50. The van der Waals surface area contributed by atoms with Crippen molar-refractivity contribution in [1.29, 1.82) is 0 Å². The lowest BCUT2D eigenvalue weighted by Crippen LogP contribution is -2.38. The SMILES string of the molecule is CC(=O)c1ccc[n+](CC(=O)c2cc(C)n(C[C@@H]3COc4ccccc4O3)c2C)c1. The van der Waals surface area contributed by atoms with E-state index in [1.54, 1.807) is 29.1 Å². The van der Waals surface area contributed by atoms with Gasteiger partial charge in [-0.1, -0.05) is 12.1 Å². The molecule has 3 aromatic rings. The second kappa shape index (κ2) is 8.14. The molecule has 4 rings (SSSR count). The van der Waals surface area contributed by atoms with Gasteiger partial charge in [0.1, 0.15) is 6.61 Å². The van der Waals surface area contributed by atoms with Gasteiger partial charge in [0.25, 0.3) is 0 Å². The molecular weight excluding hydrogens is 380 g/mol. The number of carbonyl (C=O) groups is 2. The number of hydrogen-bond donors (Lipinski definition) is 0. The summed E-state index contributed by atoms with van der Waals surface area (Å²) in [6.45, 7) is 6.71. The van der Waals surface area contributed by atoms with Gasteiger partial charge in [-0.05, 0) is 45.0 Å². The smallest absolute Gasteiger partial charge is 0.229 e. The van der Waals surface area contributed by atoms with Gasteiger partial charge in [0.05, 0.1) is 12.1 Å². The third-order valence-electron chi connectivity index (χ3n) is 5.42. The number of ketones is 2. The Morgan fingerprint density at radius 1 is 1.13 bits per heavy atom. The van der Waals surface area contributed by atoms with Crippen LogP contribution in [0.25, 0.3) is 0 Å². The molecule has 0 N–H and O–H groups in total. The molecular formula is C24H25N2O4+. The zero-order valence-electron chi connectivity index (χ0n) is 17.4. The number of benzene rings is 1. The van der Waals surface area contributed by atoms with Gasteiger partial charge >= 0.3 is 0 Å². The highest BCUT2D eigenvalue weighted by molar-refractivity contribution is 5.96. The summed E-state index contributed by atoms with van der Waals surface area (Å²) in [5.74, 6) is 1.49. The molecule has 0 saturated carbocycles. The highest BCUT2D eigenvalue weighted by Crippen LogP contribution is 2.31. The summed E-state index contributed by atoms with van der Waals surface area (Å²) in [4.78, 5) is 24.6. The summed E-state index contributed by atoms with van der Waals surface area (Å²) in [7, 11) is 0. The van der Waals surface area contributed by atoms with E-state index in [0.29, 0.717) is 24.3 Å². The number of Topliss-reactive ketones (excluding diaryl/α,β-unsaturated/α-hetero) is 2. The minimum atomic E-state index is -0.130. The summed E-state index contributed by atoms with van der Waals surface area (Å²) in [5.41, 5.74) is 3.18. The molecule has 0 saturated heterocycles. The fourth-order valence-corrected chi connectivity index (χ4v) is 3.80. The Morgan fingerprint density at radius 3 is 2.67 bits per heavy atom. The van der Waals surface area contributed by atoms with Crippen molar-refractivity contribution in [2.75, 3.05) is 6.61 Å². The zero-order chi connectivity index (χ0) is 21.3. The van der Waals surface area contributed by atoms with Crippen LogP contribution in [0.5, 0.6) is 11.5 Å². The monoisotopic (exact) mass is 405 g/mol. The molecule has 1 aliphatic rings. The van der Waals surface area contributed by atoms with Gasteiger partial charge in [-0.2, -0.15) is 4.57 Å². The molecule has 3 heterocycles. The number of pyridine rings is 1. The summed E-state index contributed by atoms with van der Waals surface area (Å²) in [6.07, 6.45) is 3.38. The molecule has 1 aliphatic heterocycles. The highest BCUT2D eigenvalue weighted by Gasteiger charge is 2.25.